The van der Waals surface area contributed by atoms with Crippen molar-refractivity contribution in [1.82, 2.24) is 20.1 Å². The molecule has 0 bridgehead atoms. The maximum absolute atomic E-state index is 12.4. The molecule has 0 atom stereocenters. The van der Waals surface area contributed by atoms with Crippen molar-refractivity contribution in [2.45, 2.75) is 47.1 Å². The van der Waals surface area contributed by atoms with Gasteiger partial charge in [0.05, 0.1) is 13.1 Å². The van der Waals surface area contributed by atoms with E-state index in [-0.39, 0.29) is 29.9 Å². The van der Waals surface area contributed by atoms with E-state index in [0.29, 0.717) is 13.1 Å². The topological polar surface area (TPSA) is 64.1 Å². The van der Waals surface area contributed by atoms with Crippen LogP contribution in [0.2, 0.25) is 0 Å². The fourth-order valence-corrected chi connectivity index (χ4v) is 3.52. The number of hydrogen-bond donors (Lipinski definition) is 1. The van der Waals surface area contributed by atoms with Gasteiger partial charge in [0, 0.05) is 46.0 Å². The van der Waals surface area contributed by atoms with Crippen LogP contribution in [-0.2, 0) is 11.3 Å². The number of aromatic nitrogens is 1. The van der Waals surface area contributed by atoms with Gasteiger partial charge in [-0.25, -0.2) is 9.98 Å². The van der Waals surface area contributed by atoms with E-state index in [4.69, 9.17) is 4.99 Å². The number of nitrogens with one attached hydrogen (secondary N) is 1. The third-order valence-corrected chi connectivity index (χ3v) is 5.51. The van der Waals surface area contributed by atoms with Crippen molar-refractivity contribution in [1.29, 1.82) is 0 Å². The zero-order valence-corrected chi connectivity index (χ0v) is 21.6. The van der Waals surface area contributed by atoms with Crippen molar-refractivity contribution in [3.05, 3.63) is 23.9 Å². The average Bonchev–Trinajstić information content (AvgIpc) is 2.73. The molecule has 0 aromatic carbocycles. The van der Waals surface area contributed by atoms with Gasteiger partial charge in [-0.05, 0) is 51.2 Å². The molecule has 1 N–H and O–H groups in total. The second-order valence-corrected chi connectivity index (χ2v) is 7.79. The fourth-order valence-electron chi connectivity index (χ4n) is 3.52. The number of rotatable bonds is 8. The van der Waals surface area contributed by atoms with E-state index in [1.165, 1.54) is 12.8 Å². The highest BCUT2D eigenvalue weighted by Gasteiger charge is 2.17. The van der Waals surface area contributed by atoms with Gasteiger partial charge >= 0.3 is 0 Å². The summed E-state index contributed by atoms with van der Waals surface area (Å²) in [6, 6.07) is 4.20. The van der Waals surface area contributed by atoms with Crippen molar-refractivity contribution < 1.29 is 4.79 Å². The minimum atomic E-state index is 0. The largest absolute Gasteiger partial charge is 0.357 e. The second-order valence-electron chi connectivity index (χ2n) is 7.79. The first kappa shape index (κ1) is 26.5. The van der Waals surface area contributed by atoms with Crippen LogP contribution in [0.4, 0.5) is 5.82 Å². The third kappa shape index (κ3) is 7.92. The lowest BCUT2D eigenvalue weighted by atomic mass is 9.99. The molecule has 170 valence electrons. The van der Waals surface area contributed by atoms with Crippen molar-refractivity contribution >= 4 is 41.7 Å². The van der Waals surface area contributed by atoms with Crippen LogP contribution in [0.5, 0.6) is 0 Å². The first-order valence-electron chi connectivity index (χ1n) is 11.0. The molecule has 1 fully saturated rings. The summed E-state index contributed by atoms with van der Waals surface area (Å²) >= 11 is 0. The summed E-state index contributed by atoms with van der Waals surface area (Å²) in [6.45, 7) is 13.6. The van der Waals surface area contributed by atoms with E-state index in [1.807, 2.05) is 43.8 Å². The van der Waals surface area contributed by atoms with Crippen molar-refractivity contribution in [2.24, 2.45) is 10.9 Å². The first-order valence-corrected chi connectivity index (χ1v) is 11.0. The Morgan fingerprint density at radius 3 is 2.43 bits per heavy atom. The molecular weight excluding hydrogens is 491 g/mol. The Balaban J connectivity index is 0.00000450. The highest BCUT2D eigenvalue weighted by Crippen LogP contribution is 2.21. The van der Waals surface area contributed by atoms with Crippen LogP contribution in [0.15, 0.2) is 23.3 Å². The lowest BCUT2D eigenvalue weighted by molar-refractivity contribution is -0.131. The summed E-state index contributed by atoms with van der Waals surface area (Å²) in [6.07, 6.45) is 4.39. The van der Waals surface area contributed by atoms with Gasteiger partial charge in [-0.1, -0.05) is 13.0 Å². The molecule has 0 unspecified atom stereocenters. The van der Waals surface area contributed by atoms with Crippen LogP contribution in [0.25, 0.3) is 0 Å². The van der Waals surface area contributed by atoms with Gasteiger partial charge in [0.2, 0.25) is 5.91 Å². The standard InChI is InChI=1S/C22H38N6O.HI/c1-6-23-22(26(5)17-21(29)27(7-2)8-3)25-16-19-9-10-20(24-15-19)28-13-11-18(4)12-14-28;/h9-10,15,18H,6-8,11-14,16-17H2,1-5H3,(H,23,25);1H. The summed E-state index contributed by atoms with van der Waals surface area (Å²) in [7, 11) is 1.90. The summed E-state index contributed by atoms with van der Waals surface area (Å²) in [5.74, 6) is 2.72. The molecular formula is C22H39IN6O. The van der Waals surface area contributed by atoms with Crippen LogP contribution in [0.1, 0.15) is 46.1 Å². The molecule has 2 heterocycles. The van der Waals surface area contributed by atoms with E-state index in [2.05, 4.69) is 34.3 Å². The SMILES string of the molecule is CCNC(=NCc1ccc(N2CCC(C)CC2)nc1)N(C)CC(=O)N(CC)CC.I. The number of anilines is 1. The van der Waals surface area contributed by atoms with Crippen LogP contribution in [-0.4, -0.2) is 73.0 Å². The molecule has 8 heteroatoms. The molecule has 1 aromatic heterocycles. The van der Waals surface area contributed by atoms with E-state index in [1.54, 1.807) is 0 Å². The highest BCUT2D eigenvalue weighted by atomic mass is 127. The number of nitrogens with zero attached hydrogens (tertiary/aromatic N) is 5. The van der Waals surface area contributed by atoms with E-state index in [0.717, 1.165) is 56.0 Å². The molecule has 30 heavy (non-hydrogen) atoms. The average molecular weight is 530 g/mol. The molecule has 0 spiro atoms. The summed E-state index contributed by atoms with van der Waals surface area (Å²) in [4.78, 5) is 27.8. The molecule has 1 aliphatic rings. The monoisotopic (exact) mass is 530 g/mol. The zero-order valence-electron chi connectivity index (χ0n) is 19.2. The lowest BCUT2D eigenvalue weighted by Gasteiger charge is -2.31. The molecule has 2 rings (SSSR count). The summed E-state index contributed by atoms with van der Waals surface area (Å²) in [5.41, 5.74) is 1.07. The molecule has 0 radical (unpaired) electrons. The van der Waals surface area contributed by atoms with Crippen LogP contribution < -0.4 is 10.2 Å². The summed E-state index contributed by atoms with van der Waals surface area (Å²) < 4.78 is 0. The number of amides is 1. The number of halogens is 1. The Labute approximate surface area is 199 Å². The number of likely N-dealkylation sites (N-methyl/N-ethyl adjacent to an activating group) is 2. The normalized spacial score (nSPS) is 14.8. The number of carbonyl (C=O) groups is 1. The number of piperidine rings is 1. The van der Waals surface area contributed by atoms with E-state index >= 15 is 0 Å². The zero-order chi connectivity index (χ0) is 21.2. The Hall–Kier alpha value is -1.58. The second kappa shape index (κ2) is 13.7. The highest BCUT2D eigenvalue weighted by molar-refractivity contribution is 14.0. The quantitative estimate of drug-likeness (QED) is 0.318. The molecule has 1 saturated heterocycles. The van der Waals surface area contributed by atoms with Crippen molar-refractivity contribution in [3.63, 3.8) is 0 Å². The number of hydrogen-bond acceptors (Lipinski definition) is 4. The minimum Gasteiger partial charge on any atom is -0.357 e. The van der Waals surface area contributed by atoms with Crippen LogP contribution in [0.3, 0.4) is 0 Å². The van der Waals surface area contributed by atoms with Gasteiger partial charge in [0.15, 0.2) is 5.96 Å². The molecule has 1 aromatic rings. The minimum absolute atomic E-state index is 0. The van der Waals surface area contributed by atoms with Gasteiger partial charge < -0.3 is 20.0 Å². The first-order chi connectivity index (χ1) is 14.0. The predicted molar refractivity (Wildman–Crippen MR) is 136 cm³/mol. The fraction of sp³-hybridized carbons (Fsp3) is 0.682. The maximum atomic E-state index is 12.4. The van der Waals surface area contributed by atoms with Gasteiger partial charge in [0.25, 0.3) is 0 Å². The van der Waals surface area contributed by atoms with Crippen LogP contribution in [0, 0.1) is 5.92 Å². The Kier molecular flexibility index (Phi) is 12.1. The lowest BCUT2D eigenvalue weighted by Crippen LogP contribution is -2.45. The van der Waals surface area contributed by atoms with Crippen LogP contribution >= 0.6 is 24.0 Å². The Morgan fingerprint density at radius 1 is 1.23 bits per heavy atom. The van der Waals surface area contributed by atoms with E-state index in [9.17, 15) is 4.79 Å². The number of pyridine rings is 1. The van der Waals surface area contributed by atoms with E-state index < -0.39 is 0 Å². The molecule has 7 nitrogen and oxygen atoms in total. The van der Waals surface area contributed by atoms with Crippen molar-refractivity contribution in [2.75, 3.05) is 51.2 Å². The number of guanidine groups is 1. The van der Waals surface area contributed by atoms with Gasteiger partial charge in [0.1, 0.15) is 5.82 Å². The van der Waals surface area contributed by atoms with Crippen molar-refractivity contribution in [3.8, 4) is 0 Å². The van der Waals surface area contributed by atoms with Gasteiger partial charge in [-0.3, -0.25) is 4.79 Å². The Morgan fingerprint density at radius 2 is 1.90 bits per heavy atom. The third-order valence-electron chi connectivity index (χ3n) is 5.51. The van der Waals surface area contributed by atoms with Gasteiger partial charge in [-0.15, -0.1) is 24.0 Å². The molecule has 1 amide bonds. The Bertz CT molecular complexity index is 654. The number of aliphatic imine (C=N–C) groups is 1. The molecule has 0 aliphatic carbocycles. The maximum Gasteiger partial charge on any atom is 0.242 e. The predicted octanol–water partition coefficient (Wildman–Crippen LogP) is 3.20. The number of carbonyl (C=O) groups excluding carboxylic acids is 1. The summed E-state index contributed by atoms with van der Waals surface area (Å²) in [5, 5.41) is 3.28. The molecule has 1 aliphatic heterocycles. The smallest absolute Gasteiger partial charge is 0.242 e. The van der Waals surface area contributed by atoms with Gasteiger partial charge in [-0.2, -0.15) is 0 Å². The molecule has 0 saturated carbocycles.